The summed E-state index contributed by atoms with van der Waals surface area (Å²) in [6.45, 7) is 7.21. The van der Waals surface area contributed by atoms with Gasteiger partial charge in [-0.15, -0.1) is 0 Å². The van der Waals surface area contributed by atoms with E-state index in [1.807, 2.05) is 16.9 Å². The summed E-state index contributed by atoms with van der Waals surface area (Å²) in [5.41, 5.74) is 6.13. The molecule has 1 heterocycles. The van der Waals surface area contributed by atoms with Crippen LogP contribution in [0.15, 0.2) is 18.5 Å². The van der Waals surface area contributed by atoms with E-state index >= 15 is 0 Å². The average Bonchev–Trinajstić information content (AvgIpc) is 2.37. The Balaban J connectivity index is 2.53. The second kappa shape index (κ2) is 3.27. The molecule has 0 radical (unpaired) electrons. The Kier molecular flexibility index (Phi) is 2.52. The normalized spacial score (nSPS) is 14.7. The van der Waals surface area contributed by atoms with Gasteiger partial charge in [0.2, 0.25) is 0 Å². The zero-order valence-corrected chi connectivity index (χ0v) is 7.99. The van der Waals surface area contributed by atoms with Gasteiger partial charge in [-0.1, -0.05) is 20.8 Å². The van der Waals surface area contributed by atoms with Crippen molar-refractivity contribution in [3.05, 3.63) is 18.5 Å². The van der Waals surface area contributed by atoms with Gasteiger partial charge in [0.1, 0.15) is 0 Å². The molecule has 1 aromatic heterocycles. The van der Waals surface area contributed by atoms with E-state index in [-0.39, 0.29) is 11.5 Å². The van der Waals surface area contributed by atoms with Crippen LogP contribution < -0.4 is 5.73 Å². The summed E-state index contributed by atoms with van der Waals surface area (Å²) in [6, 6.07) is 2.06. The topological polar surface area (TPSA) is 43.8 Å². The number of nitrogens with zero attached hydrogens (tertiary/aromatic N) is 2. The van der Waals surface area contributed by atoms with Crippen LogP contribution in [0.25, 0.3) is 0 Å². The molecular formula is C9H17N3. The molecule has 0 saturated carbocycles. The maximum Gasteiger partial charge on any atom is 0.0565 e. The molecule has 0 aliphatic carbocycles. The number of hydrogen-bond donors (Lipinski definition) is 1. The molecule has 0 bridgehead atoms. The first-order valence-corrected chi connectivity index (χ1v) is 4.23. The van der Waals surface area contributed by atoms with Crippen LogP contribution in [0.4, 0.5) is 0 Å². The van der Waals surface area contributed by atoms with Gasteiger partial charge in [0.25, 0.3) is 0 Å². The minimum Gasteiger partial charge on any atom is -0.326 e. The quantitative estimate of drug-likeness (QED) is 0.720. The molecule has 12 heavy (non-hydrogen) atoms. The van der Waals surface area contributed by atoms with E-state index in [4.69, 9.17) is 5.73 Å². The van der Waals surface area contributed by atoms with Crippen LogP contribution in [0, 0.1) is 5.41 Å². The third-order valence-electron chi connectivity index (χ3n) is 2.06. The summed E-state index contributed by atoms with van der Waals surface area (Å²) in [7, 11) is 0. The van der Waals surface area contributed by atoms with Crippen molar-refractivity contribution in [2.24, 2.45) is 11.1 Å². The van der Waals surface area contributed by atoms with Gasteiger partial charge in [-0.3, -0.25) is 4.68 Å². The highest BCUT2D eigenvalue weighted by atomic mass is 15.3. The van der Waals surface area contributed by atoms with Gasteiger partial charge in [0.15, 0.2) is 0 Å². The van der Waals surface area contributed by atoms with Gasteiger partial charge in [0, 0.05) is 18.4 Å². The molecule has 3 nitrogen and oxygen atoms in total. The number of nitrogens with two attached hydrogens (primary N) is 1. The van der Waals surface area contributed by atoms with E-state index in [0.29, 0.717) is 0 Å². The van der Waals surface area contributed by atoms with Gasteiger partial charge in [-0.25, -0.2) is 0 Å². The predicted molar refractivity (Wildman–Crippen MR) is 49.7 cm³/mol. The van der Waals surface area contributed by atoms with Crippen LogP contribution in [0.1, 0.15) is 20.8 Å². The predicted octanol–water partition coefficient (Wildman–Crippen LogP) is 1.26. The van der Waals surface area contributed by atoms with Gasteiger partial charge in [0.05, 0.1) is 6.54 Å². The molecule has 0 saturated heterocycles. The molecule has 0 fully saturated rings. The monoisotopic (exact) mass is 167 g/mol. The largest absolute Gasteiger partial charge is 0.326 e. The molecule has 1 atom stereocenters. The molecule has 3 heteroatoms. The number of aromatic nitrogens is 2. The Morgan fingerprint density at radius 3 is 2.58 bits per heavy atom. The Hall–Kier alpha value is -0.830. The first-order valence-electron chi connectivity index (χ1n) is 4.23. The molecule has 0 aliphatic rings. The first-order chi connectivity index (χ1) is 5.50. The Bertz CT molecular complexity index is 220. The van der Waals surface area contributed by atoms with E-state index in [1.54, 1.807) is 6.20 Å². The Morgan fingerprint density at radius 2 is 2.17 bits per heavy atom. The Morgan fingerprint density at radius 1 is 1.50 bits per heavy atom. The molecular weight excluding hydrogens is 150 g/mol. The van der Waals surface area contributed by atoms with Crippen LogP contribution in [0.3, 0.4) is 0 Å². The molecule has 0 amide bonds. The van der Waals surface area contributed by atoms with Crippen molar-refractivity contribution in [2.45, 2.75) is 33.4 Å². The summed E-state index contributed by atoms with van der Waals surface area (Å²) in [6.07, 6.45) is 3.71. The van der Waals surface area contributed by atoms with Crippen LogP contribution >= 0.6 is 0 Å². The fraction of sp³-hybridized carbons (Fsp3) is 0.667. The van der Waals surface area contributed by atoms with Crippen molar-refractivity contribution in [2.75, 3.05) is 0 Å². The van der Waals surface area contributed by atoms with Crippen molar-refractivity contribution in [3.8, 4) is 0 Å². The molecule has 0 aliphatic heterocycles. The maximum absolute atomic E-state index is 5.98. The average molecular weight is 167 g/mol. The number of rotatable bonds is 2. The molecule has 1 rings (SSSR count). The van der Waals surface area contributed by atoms with Crippen LogP contribution in [0.2, 0.25) is 0 Å². The fourth-order valence-electron chi connectivity index (χ4n) is 0.884. The molecule has 0 aromatic carbocycles. The van der Waals surface area contributed by atoms with Gasteiger partial charge < -0.3 is 5.73 Å². The third kappa shape index (κ3) is 2.34. The maximum atomic E-state index is 5.98. The van der Waals surface area contributed by atoms with Crippen molar-refractivity contribution in [3.63, 3.8) is 0 Å². The highest BCUT2D eigenvalue weighted by Crippen LogP contribution is 2.18. The zero-order valence-electron chi connectivity index (χ0n) is 7.99. The van der Waals surface area contributed by atoms with E-state index in [9.17, 15) is 0 Å². The standard InChI is InChI=1S/C9H17N3/c1-9(2,3)8(10)7-12-6-4-5-11-12/h4-6,8H,7,10H2,1-3H3/t8-/m1/s1. The lowest BCUT2D eigenvalue weighted by Gasteiger charge is -2.26. The van der Waals surface area contributed by atoms with Crippen LogP contribution in [-0.2, 0) is 6.54 Å². The first kappa shape index (κ1) is 9.26. The van der Waals surface area contributed by atoms with Crippen LogP contribution in [0.5, 0.6) is 0 Å². The second-order valence-electron chi connectivity index (χ2n) is 4.20. The lowest BCUT2D eigenvalue weighted by molar-refractivity contribution is 0.283. The van der Waals surface area contributed by atoms with Crippen LogP contribution in [-0.4, -0.2) is 15.8 Å². The minimum absolute atomic E-state index is 0.145. The van der Waals surface area contributed by atoms with E-state index < -0.39 is 0 Å². The summed E-state index contributed by atoms with van der Waals surface area (Å²) in [5, 5.41) is 4.11. The van der Waals surface area contributed by atoms with E-state index in [2.05, 4.69) is 25.9 Å². The van der Waals surface area contributed by atoms with Crippen molar-refractivity contribution < 1.29 is 0 Å². The smallest absolute Gasteiger partial charge is 0.0565 e. The third-order valence-corrected chi connectivity index (χ3v) is 2.06. The molecule has 2 N–H and O–H groups in total. The lowest BCUT2D eigenvalue weighted by atomic mass is 9.87. The summed E-state index contributed by atoms with van der Waals surface area (Å²) in [4.78, 5) is 0. The lowest BCUT2D eigenvalue weighted by Crippen LogP contribution is -2.38. The summed E-state index contributed by atoms with van der Waals surface area (Å²) >= 11 is 0. The minimum atomic E-state index is 0.145. The molecule has 1 aromatic rings. The van der Waals surface area contributed by atoms with E-state index in [1.165, 1.54) is 0 Å². The zero-order chi connectivity index (χ0) is 9.19. The van der Waals surface area contributed by atoms with Crippen molar-refractivity contribution in [1.82, 2.24) is 9.78 Å². The molecule has 0 spiro atoms. The number of hydrogen-bond acceptors (Lipinski definition) is 2. The van der Waals surface area contributed by atoms with Crippen molar-refractivity contribution >= 4 is 0 Å². The van der Waals surface area contributed by atoms with Gasteiger partial charge in [-0.2, -0.15) is 5.10 Å². The van der Waals surface area contributed by atoms with Crippen molar-refractivity contribution in [1.29, 1.82) is 0 Å². The van der Waals surface area contributed by atoms with Gasteiger partial charge >= 0.3 is 0 Å². The summed E-state index contributed by atoms with van der Waals surface area (Å²) in [5.74, 6) is 0. The highest BCUT2D eigenvalue weighted by Gasteiger charge is 2.20. The SMILES string of the molecule is CC(C)(C)[C@H](N)Cn1cccn1. The summed E-state index contributed by atoms with van der Waals surface area (Å²) < 4.78 is 1.87. The Labute approximate surface area is 73.6 Å². The fourth-order valence-corrected chi connectivity index (χ4v) is 0.884. The molecule has 0 unspecified atom stereocenters. The second-order valence-corrected chi connectivity index (χ2v) is 4.20. The van der Waals surface area contributed by atoms with Gasteiger partial charge in [-0.05, 0) is 11.5 Å². The molecule has 68 valence electrons. The van der Waals surface area contributed by atoms with E-state index in [0.717, 1.165) is 6.54 Å². The highest BCUT2D eigenvalue weighted by molar-refractivity contribution is 4.82.